The summed E-state index contributed by atoms with van der Waals surface area (Å²) in [7, 11) is 1.70. The van der Waals surface area contributed by atoms with Crippen LogP contribution in [0.25, 0.3) is 0 Å². The van der Waals surface area contributed by atoms with Crippen LogP contribution in [0.15, 0.2) is 0 Å². The Morgan fingerprint density at radius 1 is 1.54 bits per heavy atom. The number of methoxy groups -OCH3 is 1. The van der Waals surface area contributed by atoms with Crippen molar-refractivity contribution >= 4 is 5.78 Å². The van der Waals surface area contributed by atoms with E-state index in [1.54, 1.807) is 7.11 Å². The topological polar surface area (TPSA) is 26.3 Å². The Morgan fingerprint density at radius 3 is 2.69 bits per heavy atom. The lowest BCUT2D eigenvalue weighted by Crippen LogP contribution is -2.45. The van der Waals surface area contributed by atoms with Gasteiger partial charge in [0.1, 0.15) is 5.60 Å². The predicted molar refractivity (Wildman–Crippen MR) is 50.5 cm³/mol. The number of carbonyl (C=O) groups is 1. The van der Waals surface area contributed by atoms with E-state index in [1.807, 2.05) is 6.92 Å². The number of hydrogen-bond donors (Lipinski definition) is 0. The Morgan fingerprint density at radius 2 is 2.31 bits per heavy atom. The fourth-order valence-electron chi connectivity index (χ4n) is 3.28. The Bertz CT molecular complexity index is 224. The second-order valence-corrected chi connectivity index (χ2v) is 4.45. The molecule has 0 aromatic heterocycles. The molecule has 13 heavy (non-hydrogen) atoms. The summed E-state index contributed by atoms with van der Waals surface area (Å²) in [5.41, 5.74) is -0.377. The van der Waals surface area contributed by atoms with Crippen molar-refractivity contribution in [2.45, 2.75) is 44.6 Å². The van der Waals surface area contributed by atoms with Gasteiger partial charge in [-0.1, -0.05) is 6.92 Å². The summed E-state index contributed by atoms with van der Waals surface area (Å²) < 4.78 is 5.54. The third kappa shape index (κ3) is 1.15. The van der Waals surface area contributed by atoms with Gasteiger partial charge in [0.2, 0.25) is 0 Å². The van der Waals surface area contributed by atoms with Gasteiger partial charge in [0.15, 0.2) is 5.78 Å². The van der Waals surface area contributed by atoms with Crippen LogP contribution in [0.1, 0.15) is 39.0 Å². The Balaban J connectivity index is 2.21. The van der Waals surface area contributed by atoms with Crippen molar-refractivity contribution in [1.29, 1.82) is 0 Å². The number of rotatable bonds is 3. The smallest absolute Gasteiger partial charge is 0.164 e. The maximum Gasteiger partial charge on any atom is 0.164 e. The summed E-state index contributed by atoms with van der Waals surface area (Å²) in [6.45, 7) is 1.94. The van der Waals surface area contributed by atoms with E-state index in [-0.39, 0.29) is 5.60 Å². The second kappa shape index (κ2) is 3.09. The van der Waals surface area contributed by atoms with Gasteiger partial charge in [0, 0.05) is 13.5 Å². The van der Waals surface area contributed by atoms with Crippen LogP contribution >= 0.6 is 0 Å². The summed E-state index contributed by atoms with van der Waals surface area (Å²) in [5, 5.41) is 0. The first-order valence-electron chi connectivity index (χ1n) is 5.31. The predicted octanol–water partition coefficient (Wildman–Crippen LogP) is 2.17. The molecule has 2 bridgehead atoms. The normalized spacial score (nSPS) is 42.6. The first-order valence-corrected chi connectivity index (χ1v) is 5.31. The molecule has 3 atom stereocenters. The van der Waals surface area contributed by atoms with Gasteiger partial charge in [-0.05, 0) is 37.5 Å². The minimum absolute atomic E-state index is 0.321. The Hall–Kier alpha value is -0.370. The van der Waals surface area contributed by atoms with Gasteiger partial charge < -0.3 is 4.74 Å². The van der Waals surface area contributed by atoms with Crippen molar-refractivity contribution in [2.75, 3.05) is 7.11 Å². The van der Waals surface area contributed by atoms with Crippen molar-refractivity contribution < 1.29 is 9.53 Å². The molecule has 2 fully saturated rings. The van der Waals surface area contributed by atoms with E-state index in [2.05, 4.69) is 0 Å². The van der Waals surface area contributed by atoms with E-state index >= 15 is 0 Å². The maximum atomic E-state index is 11.8. The zero-order valence-electron chi connectivity index (χ0n) is 8.51. The van der Waals surface area contributed by atoms with Gasteiger partial charge in [-0.3, -0.25) is 4.79 Å². The summed E-state index contributed by atoms with van der Waals surface area (Å²) in [4.78, 5) is 11.8. The highest BCUT2D eigenvalue weighted by molar-refractivity contribution is 5.88. The molecule has 0 radical (unpaired) electrons. The lowest BCUT2D eigenvalue weighted by molar-refractivity contribution is -0.147. The molecular formula is C11H18O2. The Kier molecular flexibility index (Phi) is 2.18. The highest BCUT2D eigenvalue weighted by Gasteiger charge is 2.54. The fraction of sp³-hybridized carbons (Fsp3) is 0.909. The van der Waals surface area contributed by atoms with Crippen molar-refractivity contribution in [3.05, 3.63) is 0 Å². The van der Waals surface area contributed by atoms with Crippen LogP contribution in [-0.2, 0) is 9.53 Å². The fourth-order valence-corrected chi connectivity index (χ4v) is 3.28. The van der Waals surface area contributed by atoms with E-state index in [0.717, 1.165) is 12.3 Å². The van der Waals surface area contributed by atoms with Crippen LogP contribution in [-0.4, -0.2) is 18.5 Å². The molecule has 0 aliphatic heterocycles. The van der Waals surface area contributed by atoms with Crippen molar-refractivity contribution in [3.63, 3.8) is 0 Å². The number of ketones is 1. The summed E-state index contributed by atoms with van der Waals surface area (Å²) in [6.07, 6.45) is 5.34. The van der Waals surface area contributed by atoms with Crippen LogP contribution in [0.5, 0.6) is 0 Å². The molecule has 0 aromatic carbocycles. The molecule has 2 aliphatic carbocycles. The average molecular weight is 182 g/mol. The van der Waals surface area contributed by atoms with Gasteiger partial charge >= 0.3 is 0 Å². The minimum Gasteiger partial charge on any atom is -0.370 e. The van der Waals surface area contributed by atoms with Crippen LogP contribution in [0.3, 0.4) is 0 Å². The van der Waals surface area contributed by atoms with Gasteiger partial charge in [-0.25, -0.2) is 0 Å². The minimum atomic E-state index is -0.377. The van der Waals surface area contributed by atoms with E-state index in [1.165, 1.54) is 19.3 Å². The van der Waals surface area contributed by atoms with Crippen molar-refractivity contribution in [1.82, 2.24) is 0 Å². The summed E-state index contributed by atoms with van der Waals surface area (Å²) in [6, 6.07) is 0. The molecule has 2 nitrogen and oxygen atoms in total. The number of fused-ring (bicyclic) bond motifs is 2. The van der Waals surface area contributed by atoms with Gasteiger partial charge in [-0.15, -0.1) is 0 Å². The molecule has 0 aromatic rings. The molecule has 74 valence electrons. The first-order chi connectivity index (χ1) is 6.23. The first kappa shape index (κ1) is 9.20. The number of Topliss-reactive ketones (excluding diaryl/α,β-unsaturated/α-hetero) is 1. The molecule has 2 aliphatic rings. The molecular weight excluding hydrogens is 164 g/mol. The lowest BCUT2D eigenvalue weighted by atomic mass is 9.80. The third-order valence-electron chi connectivity index (χ3n) is 3.95. The van der Waals surface area contributed by atoms with Gasteiger partial charge in [0.05, 0.1) is 0 Å². The number of ether oxygens (including phenoxy) is 1. The zero-order valence-corrected chi connectivity index (χ0v) is 8.51. The maximum absolute atomic E-state index is 11.8. The van der Waals surface area contributed by atoms with Crippen LogP contribution in [0.4, 0.5) is 0 Å². The van der Waals surface area contributed by atoms with E-state index < -0.39 is 0 Å². The molecule has 0 amide bonds. The molecule has 2 saturated carbocycles. The molecule has 0 N–H and O–H groups in total. The van der Waals surface area contributed by atoms with Gasteiger partial charge in [0.25, 0.3) is 0 Å². The monoisotopic (exact) mass is 182 g/mol. The number of carbonyl (C=O) groups excluding carboxylic acids is 1. The standard InChI is InChI=1S/C11H18O2/c1-3-10(12)11(13-2)7-8-4-5-9(11)6-8/h8-9H,3-7H2,1-2H3. The third-order valence-corrected chi connectivity index (χ3v) is 3.95. The molecule has 2 rings (SSSR count). The highest BCUT2D eigenvalue weighted by atomic mass is 16.5. The molecule has 0 heterocycles. The van der Waals surface area contributed by atoms with E-state index in [0.29, 0.717) is 18.1 Å². The molecule has 2 heteroatoms. The summed E-state index contributed by atoms with van der Waals surface area (Å²) in [5.74, 6) is 1.61. The van der Waals surface area contributed by atoms with Crippen molar-refractivity contribution in [3.8, 4) is 0 Å². The second-order valence-electron chi connectivity index (χ2n) is 4.45. The summed E-state index contributed by atoms with van der Waals surface area (Å²) >= 11 is 0. The quantitative estimate of drug-likeness (QED) is 0.668. The molecule has 3 unspecified atom stereocenters. The average Bonchev–Trinajstić information content (AvgIpc) is 2.75. The Labute approximate surface area is 79.7 Å². The highest BCUT2D eigenvalue weighted by Crippen LogP contribution is 2.53. The largest absolute Gasteiger partial charge is 0.370 e. The van der Waals surface area contributed by atoms with Crippen molar-refractivity contribution in [2.24, 2.45) is 11.8 Å². The van der Waals surface area contributed by atoms with Crippen LogP contribution in [0.2, 0.25) is 0 Å². The number of hydrogen-bond acceptors (Lipinski definition) is 2. The SMILES string of the molecule is CCC(=O)C1(OC)CC2CCC1C2. The molecule has 0 spiro atoms. The zero-order chi connectivity index (χ0) is 9.47. The van der Waals surface area contributed by atoms with Crippen LogP contribution in [0, 0.1) is 11.8 Å². The lowest BCUT2D eigenvalue weighted by Gasteiger charge is -2.34. The molecule has 0 saturated heterocycles. The van der Waals surface area contributed by atoms with E-state index in [4.69, 9.17) is 4.74 Å². The van der Waals surface area contributed by atoms with Crippen LogP contribution < -0.4 is 0 Å². The van der Waals surface area contributed by atoms with Gasteiger partial charge in [-0.2, -0.15) is 0 Å². The van der Waals surface area contributed by atoms with E-state index in [9.17, 15) is 4.79 Å².